The predicted octanol–water partition coefficient (Wildman–Crippen LogP) is 2.32. The van der Waals surface area contributed by atoms with Crippen molar-refractivity contribution in [3.8, 4) is 5.75 Å². The van der Waals surface area contributed by atoms with Crippen LogP contribution in [0.2, 0.25) is 0 Å². The average Bonchev–Trinajstić information content (AvgIpc) is 2.97. The molecule has 1 aliphatic carbocycles. The highest BCUT2D eigenvalue weighted by molar-refractivity contribution is 5.89. The van der Waals surface area contributed by atoms with Crippen molar-refractivity contribution < 1.29 is 14.6 Å². The third-order valence-electron chi connectivity index (χ3n) is 2.88. The Morgan fingerprint density at radius 3 is 2.87 bits per heavy atom. The quantitative estimate of drug-likeness (QED) is 0.760. The Morgan fingerprint density at radius 2 is 2.20 bits per heavy atom. The number of carbonyl (C=O) groups is 1. The highest BCUT2D eigenvalue weighted by Gasteiger charge is 2.44. The van der Waals surface area contributed by atoms with E-state index in [4.69, 9.17) is 9.84 Å². The summed E-state index contributed by atoms with van der Waals surface area (Å²) in [6, 6.07) is 4.96. The third-order valence-corrected chi connectivity index (χ3v) is 2.88. The molecular weight excluding hydrogens is 192 g/mol. The molecule has 0 amide bonds. The maximum atomic E-state index is 10.8. The molecule has 1 fully saturated rings. The number of benzene rings is 1. The smallest absolute Gasteiger partial charge is 0.335 e. The van der Waals surface area contributed by atoms with Gasteiger partial charge in [-0.3, -0.25) is 0 Å². The second-order valence-electron chi connectivity index (χ2n) is 4.06. The molecule has 1 N–H and O–H groups in total. The van der Waals surface area contributed by atoms with E-state index in [2.05, 4.69) is 0 Å². The molecule has 0 aromatic heterocycles. The van der Waals surface area contributed by atoms with E-state index in [1.54, 1.807) is 18.2 Å². The van der Waals surface area contributed by atoms with Crippen LogP contribution in [0, 0.1) is 0 Å². The summed E-state index contributed by atoms with van der Waals surface area (Å²) < 4.78 is 5.79. The van der Waals surface area contributed by atoms with Crippen molar-refractivity contribution in [3.63, 3.8) is 0 Å². The normalized spacial score (nSPS) is 19.5. The van der Waals surface area contributed by atoms with Gasteiger partial charge in [0.2, 0.25) is 0 Å². The number of hydrogen-bond acceptors (Lipinski definition) is 2. The fourth-order valence-electron chi connectivity index (χ4n) is 1.79. The standard InChI is InChI=1S/C12H10O3/c13-11(14)9-1-2-10-8(7-9)3-4-12(15-10)5-6-12/h1-4,7H,5-6H2,(H,13,14). The molecule has 1 aliphatic heterocycles. The molecule has 1 heterocycles. The van der Waals surface area contributed by atoms with Crippen molar-refractivity contribution in [1.29, 1.82) is 0 Å². The zero-order valence-electron chi connectivity index (χ0n) is 8.06. The number of hydrogen-bond donors (Lipinski definition) is 1. The lowest BCUT2D eigenvalue weighted by molar-refractivity contribution is 0.0697. The van der Waals surface area contributed by atoms with Crippen LogP contribution in [0.25, 0.3) is 6.08 Å². The van der Waals surface area contributed by atoms with Gasteiger partial charge in [-0.25, -0.2) is 4.79 Å². The molecule has 1 aromatic rings. The fourth-order valence-corrected chi connectivity index (χ4v) is 1.79. The van der Waals surface area contributed by atoms with Crippen LogP contribution in [0.4, 0.5) is 0 Å². The summed E-state index contributed by atoms with van der Waals surface area (Å²) in [5.74, 6) is -0.113. The van der Waals surface area contributed by atoms with E-state index in [1.165, 1.54) is 0 Å². The first kappa shape index (κ1) is 8.53. The van der Waals surface area contributed by atoms with Gasteiger partial charge in [-0.05, 0) is 37.1 Å². The van der Waals surface area contributed by atoms with Crippen LogP contribution in [0.5, 0.6) is 5.75 Å². The van der Waals surface area contributed by atoms with Crippen LogP contribution in [0.15, 0.2) is 24.3 Å². The molecule has 3 rings (SSSR count). The van der Waals surface area contributed by atoms with E-state index in [1.807, 2.05) is 12.2 Å². The molecule has 0 bridgehead atoms. The van der Waals surface area contributed by atoms with E-state index in [9.17, 15) is 4.79 Å². The Hall–Kier alpha value is -1.77. The van der Waals surface area contributed by atoms with Gasteiger partial charge >= 0.3 is 5.97 Å². The van der Waals surface area contributed by atoms with Gasteiger partial charge in [0.05, 0.1) is 5.56 Å². The summed E-state index contributed by atoms with van der Waals surface area (Å²) in [7, 11) is 0. The highest BCUT2D eigenvalue weighted by atomic mass is 16.5. The molecular formula is C12H10O3. The molecule has 0 unspecified atom stereocenters. The molecule has 1 spiro atoms. The van der Waals surface area contributed by atoms with Gasteiger partial charge in [0.1, 0.15) is 11.4 Å². The summed E-state index contributed by atoms with van der Waals surface area (Å²) in [6.07, 6.45) is 6.10. The first-order valence-electron chi connectivity index (χ1n) is 4.94. The van der Waals surface area contributed by atoms with Crippen molar-refractivity contribution >= 4 is 12.0 Å². The van der Waals surface area contributed by atoms with E-state index >= 15 is 0 Å². The average molecular weight is 202 g/mol. The van der Waals surface area contributed by atoms with E-state index in [-0.39, 0.29) is 5.60 Å². The largest absolute Gasteiger partial charge is 0.483 e. The number of ether oxygens (including phenoxy) is 1. The van der Waals surface area contributed by atoms with E-state index < -0.39 is 5.97 Å². The van der Waals surface area contributed by atoms with Crippen LogP contribution in [-0.4, -0.2) is 16.7 Å². The topological polar surface area (TPSA) is 46.5 Å². The van der Waals surface area contributed by atoms with Gasteiger partial charge in [0, 0.05) is 5.56 Å². The van der Waals surface area contributed by atoms with Gasteiger partial charge in [-0.1, -0.05) is 6.08 Å². The molecule has 3 heteroatoms. The SMILES string of the molecule is O=C(O)c1ccc2c(c1)C=CC1(CC1)O2. The second-order valence-corrected chi connectivity index (χ2v) is 4.06. The minimum absolute atomic E-state index is 0.0717. The molecule has 0 saturated heterocycles. The summed E-state index contributed by atoms with van der Waals surface area (Å²) in [5, 5.41) is 8.84. The lowest BCUT2D eigenvalue weighted by Gasteiger charge is -2.20. The Labute approximate surface area is 87.0 Å². The molecule has 3 nitrogen and oxygen atoms in total. The molecule has 0 atom stereocenters. The number of aromatic carboxylic acids is 1. The minimum atomic E-state index is -0.905. The Kier molecular flexibility index (Phi) is 1.49. The summed E-state index contributed by atoms with van der Waals surface area (Å²) >= 11 is 0. The summed E-state index contributed by atoms with van der Waals surface area (Å²) in [5.41, 5.74) is 1.08. The van der Waals surface area contributed by atoms with Gasteiger partial charge in [-0.2, -0.15) is 0 Å². The maximum Gasteiger partial charge on any atom is 0.335 e. The third kappa shape index (κ3) is 1.31. The van der Waals surface area contributed by atoms with E-state index in [0.29, 0.717) is 5.56 Å². The highest BCUT2D eigenvalue weighted by Crippen LogP contribution is 2.46. The van der Waals surface area contributed by atoms with Crippen LogP contribution in [0.1, 0.15) is 28.8 Å². The lowest BCUT2D eigenvalue weighted by atomic mass is 10.1. The molecule has 1 aromatic carbocycles. The molecule has 76 valence electrons. The number of carboxylic acids is 1. The first-order valence-corrected chi connectivity index (χ1v) is 4.94. The number of rotatable bonds is 1. The minimum Gasteiger partial charge on any atom is -0.483 e. The zero-order valence-corrected chi connectivity index (χ0v) is 8.06. The van der Waals surface area contributed by atoms with Crippen molar-refractivity contribution in [2.75, 3.05) is 0 Å². The Bertz CT molecular complexity index is 470. The van der Waals surface area contributed by atoms with Gasteiger partial charge in [0.15, 0.2) is 0 Å². The zero-order chi connectivity index (χ0) is 10.5. The molecule has 0 radical (unpaired) electrons. The van der Waals surface area contributed by atoms with Gasteiger partial charge < -0.3 is 9.84 Å². The van der Waals surface area contributed by atoms with E-state index in [0.717, 1.165) is 24.2 Å². The maximum absolute atomic E-state index is 10.8. The first-order chi connectivity index (χ1) is 7.19. The lowest BCUT2D eigenvalue weighted by Crippen LogP contribution is -2.18. The molecule has 1 saturated carbocycles. The van der Waals surface area contributed by atoms with Crippen LogP contribution >= 0.6 is 0 Å². The fraction of sp³-hybridized carbons (Fsp3) is 0.250. The van der Waals surface area contributed by atoms with Crippen LogP contribution < -0.4 is 4.74 Å². The Morgan fingerprint density at radius 1 is 1.40 bits per heavy atom. The summed E-state index contributed by atoms with van der Waals surface area (Å²) in [4.78, 5) is 10.8. The second kappa shape index (κ2) is 2.63. The predicted molar refractivity (Wildman–Crippen MR) is 55.0 cm³/mol. The molecule has 2 aliphatic rings. The van der Waals surface area contributed by atoms with Crippen LogP contribution in [-0.2, 0) is 0 Å². The van der Waals surface area contributed by atoms with Gasteiger partial charge in [0.25, 0.3) is 0 Å². The van der Waals surface area contributed by atoms with Crippen molar-refractivity contribution in [3.05, 3.63) is 35.4 Å². The van der Waals surface area contributed by atoms with Crippen molar-refractivity contribution in [1.82, 2.24) is 0 Å². The summed E-state index contributed by atoms with van der Waals surface area (Å²) in [6.45, 7) is 0. The van der Waals surface area contributed by atoms with Crippen LogP contribution in [0.3, 0.4) is 0 Å². The number of carboxylic acid groups (broad SMARTS) is 1. The number of fused-ring (bicyclic) bond motifs is 1. The Balaban J connectivity index is 2.03. The molecule has 15 heavy (non-hydrogen) atoms. The monoisotopic (exact) mass is 202 g/mol. The van der Waals surface area contributed by atoms with Crippen molar-refractivity contribution in [2.45, 2.75) is 18.4 Å². The van der Waals surface area contributed by atoms with Crippen molar-refractivity contribution in [2.24, 2.45) is 0 Å². The van der Waals surface area contributed by atoms with Gasteiger partial charge in [-0.15, -0.1) is 0 Å².